The van der Waals surface area contributed by atoms with Gasteiger partial charge in [-0.05, 0) is 32.8 Å². The maximum absolute atomic E-state index is 11.8. The summed E-state index contributed by atoms with van der Waals surface area (Å²) in [6, 6.07) is 0. The fourth-order valence-electron chi connectivity index (χ4n) is 1.61. The predicted octanol–water partition coefficient (Wildman–Crippen LogP) is 2.82. The molecule has 5 nitrogen and oxygen atoms in total. The minimum Gasteiger partial charge on any atom is -0.478 e. The van der Waals surface area contributed by atoms with Crippen molar-refractivity contribution < 1.29 is 19.4 Å². The molecule has 6 heteroatoms. The first-order valence-electron chi connectivity index (χ1n) is 6.02. The largest absolute Gasteiger partial charge is 0.478 e. The molecule has 1 heterocycles. The van der Waals surface area contributed by atoms with Gasteiger partial charge >= 0.3 is 5.97 Å². The second-order valence-electron chi connectivity index (χ2n) is 4.43. The highest BCUT2D eigenvalue weighted by molar-refractivity contribution is 7.16. The second kappa shape index (κ2) is 6.68. The standard InChI is InChI=1S/C13H19NO4S/c1-7(18-4)5-6-10(15)14-12-11(13(16)17)8(2)9(3)19-12/h7H,5-6H2,1-4H3,(H,14,15)(H,16,17). The van der Waals surface area contributed by atoms with E-state index in [0.29, 0.717) is 23.4 Å². The Balaban J connectivity index is 2.74. The summed E-state index contributed by atoms with van der Waals surface area (Å²) in [5.74, 6) is -1.20. The zero-order chi connectivity index (χ0) is 14.6. The van der Waals surface area contributed by atoms with Crippen molar-refractivity contribution in [2.45, 2.75) is 39.7 Å². The number of hydrogen-bond acceptors (Lipinski definition) is 4. The number of aryl methyl sites for hydroxylation is 1. The zero-order valence-electron chi connectivity index (χ0n) is 11.6. The van der Waals surface area contributed by atoms with Gasteiger partial charge in [0.25, 0.3) is 0 Å². The van der Waals surface area contributed by atoms with Gasteiger partial charge in [0.15, 0.2) is 0 Å². The number of hydrogen-bond donors (Lipinski definition) is 2. The number of carbonyl (C=O) groups excluding carboxylic acids is 1. The van der Waals surface area contributed by atoms with Gasteiger partial charge in [0.1, 0.15) is 5.00 Å². The number of anilines is 1. The smallest absolute Gasteiger partial charge is 0.338 e. The molecule has 2 N–H and O–H groups in total. The van der Waals surface area contributed by atoms with Crippen LogP contribution in [0.5, 0.6) is 0 Å². The number of carboxylic acid groups (broad SMARTS) is 1. The average Bonchev–Trinajstić information content (AvgIpc) is 2.61. The van der Waals surface area contributed by atoms with Crippen molar-refractivity contribution in [3.63, 3.8) is 0 Å². The second-order valence-corrected chi connectivity index (χ2v) is 5.65. The van der Waals surface area contributed by atoms with Crippen molar-refractivity contribution in [3.8, 4) is 0 Å². The summed E-state index contributed by atoms with van der Waals surface area (Å²) >= 11 is 1.29. The van der Waals surface area contributed by atoms with E-state index in [-0.39, 0.29) is 17.6 Å². The molecular formula is C13H19NO4S. The van der Waals surface area contributed by atoms with Gasteiger partial charge in [-0.2, -0.15) is 0 Å². The molecule has 1 atom stereocenters. The molecule has 0 aliphatic heterocycles. The highest BCUT2D eigenvalue weighted by Gasteiger charge is 2.20. The van der Waals surface area contributed by atoms with Crippen LogP contribution >= 0.6 is 11.3 Å². The number of thiophene rings is 1. The monoisotopic (exact) mass is 285 g/mol. The van der Waals surface area contributed by atoms with Crippen LogP contribution in [0.4, 0.5) is 5.00 Å². The molecule has 1 amide bonds. The van der Waals surface area contributed by atoms with Crippen molar-refractivity contribution >= 4 is 28.2 Å². The van der Waals surface area contributed by atoms with Crippen LogP contribution in [0.15, 0.2) is 0 Å². The third-order valence-corrected chi connectivity index (χ3v) is 4.16. The Labute approximate surface area is 116 Å². The first kappa shape index (κ1) is 15.7. The SMILES string of the molecule is COC(C)CCC(=O)Nc1sc(C)c(C)c1C(=O)O. The number of aromatic carboxylic acids is 1. The minimum atomic E-state index is -1.01. The zero-order valence-corrected chi connectivity index (χ0v) is 12.4. The fraction of sp³-hybridized carbons (Fsp3) is 0.538. The lowest BCUT2D eigenvalue weighted by molar-refractivity contribution is -0.116. The van der Waals surface area contributed by atoms with Crippen LogP contribution in [0.1, 0.15) is 40.6 Å². The molecule has 0 radical (unpaired) electrons. The van der Waals surface area contributed by atoms with Crippen LogP contribution in [0.25, 0.3) is 0 Å². The van der Waals surface area contributed by atoms with E-state index in [9.17, 15) is 9.59 Å². The van der Waals surface area contributed by atoms with Gasteiger partial charge in [-0.3, -0.25) is 4.79 Å². The average molecular weight is 285 g/mol. The van der Waals surface area contributed by atoms with Gasteiger partial charge in [0, 0.05) is 18.4 Å². The molecule has 0 aliphatic carbocycles. The summed E-state index contributed by atoms with van der Waals surface area (Å²) < 4.78 is 5.06. The molecule has 1 aromatic rings. The van der Waals surface area contributed by atoms with E-state index in [1.807, 2.05) is 13.8 Å². The lowest BCUT2D eigenvalue weighted by atomic mass is 10.1. The molecule has 19 heavy (non-hydrogen) atoms. The fourth-order valence-corrected chi connectivity index (χ4v) is 2.68. The van der Waals surface area contributed by atoms with E-state index in [1.54, 1.807) is 14.0 Å². The third kappa shape index (κ3) is 4.04. The molecule has 0 spiro atoms. The molecular weight excluding hydrogens is 266 g/mol. The van der Waals surface area contributed by atoms with E-state index < -0.39 is 5.97 Å². The quantitative estimate of drug-likeness (QED) is 0.842. The van der Waals surface area contributed by atoms with Crippen molar-refractivity contribution in [1.29, 1.82) is 0 Å². The lowest BCUT2D eigenvalue weighted by Crippen LogP contribution is -2.16. The summed E-state index contributed by atoms with van der Waals surface area (Å²) in [5, 5.41) is 12.3. The Hall–Kier alpha value is -1.40. The number of methoxy groups -OCH3 is 1. The van der Waals surface area contributed by atoms with Crippen molar-refractivity contribution in [2.75, 3.05) is 12.4 Å². The summed E-state index contributed by atoms with van der Waals surface area (Å²) in [7, 11) is 1.59. The normalized spacial score (nSPS) is 12.2. The molecule has 0 fully saturated rings. The summed E-state index contributed by atoms with van der Waals surface area (Å²) in [6.45, 7) is 5.47. The number of rotatable bonds is 6. The van der Waals surface area contributed by atoms with E-state index >= 15 is 0 Å². The van der Waals surface area contributed by atoms with Crippen molar-refractivity contribution in [1.82, 2.24) is 0 Å². The summed E-state index contributed by atoms with van der Waals surface area (Å²) in [4.78, 5) is 23.9. The summed E-state index contributed by atoms with van der Waals surface area (Å²) in [6.07, 6.45) is 0.925. The first-order valence-corrected chi connectivity index (χ1v) is 6.84. The molecule has 106 valence electrons. The van der Waals surface area contributed by atoms with Crippen LogP contribution in [-0.2, 0) is 9.53 Å². The maximum Gasteiger partial charge on any atom is 0.338 e. The summed E-state index contributed by atoms with van der Waals surface area (Å²) in [5.41, 5.74) is 0.897. The van der Waals surface area contributed by atoms with Crippen LogP contribution in [0.3, 0.4) is 0 Å². The van der Waals surface area contributed by atoms with E-state index in [0.717, 1.165) is 4.88 Å². The Morgan fingerprint density at radius 1 is 1.42 bits per heavy atom. The van der Waals surface area contributed by atoms with Gasteiger partial charge in [-0.25, -0.2) is 4.79 Å². The Bertz CT molecular complexity index is 481. The number of carbonyl (C=O) groups is 2. The van der Waals surface area contributed by atoms with Crippen LogP contribution in [0, 0.1) is 13.8 Å². The number of carboxylic acids is 1. The number of ether oxygens (including phenoxy) is 1. The Morgan fingerprint density at radius 3 is 2.58 bits per heavy atom. The van der Waals surface area contributed by atoms with Crippen molar-refractivity contribution in [2.24, 2.45) is 0 Å². The molecule has 1 aromatic heterocycles. The van der Waals surface area contributed by atoms with E-state index in [4.69, 9.17) is 9.84 Å². The predicted molar refractivity (Wildman–Crippen MR) is 75.1 cm³/mol. The van der Waals surface area contributed by atoms with Gasteiger partial charge < -0.3 is 15.2 Å². The highest BCUT2D eigenvalue weighted by Crippen LogP contribution is 2.32. The van der Waals surface area contributed by atoms with E-state index in [2.05, 4.69) is 5.32 Å². The van der Waals surface area contributed by atoms with Crippen molar-refractivity contribution in [3.05, 3.63) is 16.0 Å². The third-order valence-electron chi connectivity index (χ3n) is 3.03. The Kier molecular flexibility index (Phi) is 5.50. The van der Waals surface area contributed by atoms with Gasteiger partial charge in [0.2, 0.25) is 5.91 Å². The molecule has 0 saturated carbocycles. The number of nitrogens with one attached hydrogen (secondary N) is 1. The molecule has 1 unspecified atom stereocenters. The molecule has 0 aliphatic rings. The highest BCUT2D eigenvalue weighted by atomic mass is 32.1. The Morgan fingerprint density at radius 2 is 2.05 bits per heavy atom. The molecule has 1 rings (SSSR count). The van der Waals surface area contributed by atoms with Crippen LogP contribution < -0.4 is 5.32 Å². The van der Waals surface area contributed by atoms with E-state index in [1.165, 1.54) is 11.3 Å². The lowest BCUT2D eigenvalue weighted by Gasteiger charge is -2.09. The number of amides is 1. The minimum absolute atomic E-state index is 0.0107. The molecule has 0 aromatic carbocycles. The van der Waals surface area contributed by atoms with Gasteiger partial charge in [0.05, 0.1) is 11.7 Å². The van der Waals surface area contributed by atoms with Gasteiger partial charge in [-0.15, -0.1) is 11.3 Å². The maximum atomic E-state index is 11.8. The van der Waals surface area contributed by atoms with Crippen LogP contribution in [0.2, 0.25) is 0 Å². The topological polar surface area (TPSA) is 75.6 Å². The molecule has 0 saturated heterocycles. The first-order chi connectivity index (χ1) is 8.86. The molecule has 0 bridgehead atoms. The van der Waals surface area contributed by atoms with Gasteiger partial charge in [-0.1, -0.05) is 0 Å². The van der Waals surface area contributed by atoms with Crippen LogP contribution in [-0.4, -0.2) is 30.2 Å².